The van der Waals surface area contributed by atoms with Gasteiger partial charge in [-0.1, -0.05) is 71.1 Å². The van der Waals surface area contributed by atoms with E-state index < -0.39 is 9.84 Å². The summed E-state index contributed by atoms with van der Waals surface area (Å²) in [6.07, 6.45) is 0. The summed E-state index contributed by atoms with van der Waals surface area (Å²) < 4.78 is 29.3. The van der Waals surface area contributed by atoms with Crippen molar-refractivity contribution < 1.29 is 13.2 Å². The number of halogens is 1. The van der Waals surface area contributed by atoms with Crippen LogP contribution < -0.4 is 4.74 Å². The number of hydrogen-bond donors (Lipinski definition) is 0. The van der Waals surface area contributed by atoms with Crippen LogP contribution in [0.2, 0.25) is 0 Å². The monoisotopic (exact) mass is 402 g/mol. The van der Waals surface area contributed by atoms with E-state index in [4.69, 9.17) is 4.74 Å². The van der Waals surface area contributed by atoms with Gasteiger partial charge in [0.25, 0.3) is 0 Å². The van der Waals surface area contributed by atoms with E-state index in [1.54, 1.807) is 12.1 Å². The van der Waals surface area contributed by atoms with Gasteiger partial charge in [-0.2, -0.15) is 0 Å². The molecule has 20 heavy (non-hydrogen) atoms. The Morgan fingerprint density at radius 1 is 0.950 bits per heavy atom. The lowest BCUT2D eigenvalue weighted by atomic mass is 10.2. The highest BCUT2D eigenvalue weighted by Crippen LogP contribution is 2.22. The first-order valence-electron chi connectivity index (χ1n) is 6.12. The van der Waals surface area contributed by atoms with Gasteiger partial charge in [0.2, 0.25) is 0 Å². The molecule has 2 aromatic carbocycles. The fraction of sp³-hybridized carbons (Fsp3) is 0.200. The van der Waals surface area contributed by atoms with Crippen LogP contribution in [0.25, 0.3) is 0 Å². The van der Waals surface area contributed by atoms with Crippen LogP contribution in [0.5, 0.6) is 5.75 Å². The summed E-state index contributed by atoms with van der Waals surface area (Å²) in [5.74, 6) is 0.644. The molecule has 0 atom stereocenters. The number of sulfone groups is 1. The van der Waals surface area contributed by atoms with Crippen molar-refractivity contribution >= 4 is 32.4 Å². The quantitative estimate of drug-likeness (QED) is 0.548. The first-order chi connectivity index (χ1) is 9.61. The van der Waals surface area contributed by atoms with Crippen molar-refractivity contribution in [3.05, 3.63) is 65.7 Å². The Morgan fingerprint density at radius 2 is 1.60 bits per heavy atom. The zero-order chi connectivity index (χ0) is 14.4. The molecule has 3 nitrogen and oxygen atoms in total. The Bertz CT molecular complexity index is 654. The lowest BCUT2D eigenvalue weighted by Crippen LogP contribution is -2.07. The predicted octanol–water partition coefficient (Wildman–Crippen LogP) is 3.57. The van der Waals surface area contributed by atoms with Gasteiger partial charge in [-0.25, -0.2) is 8.42 Å². The molecule has 0 spiro atoms. The van der Waals surface area contributed by atoms with Crippen LogP contribution in [0, 0.1) is 0 Å². The topological polar surface area (TPSA) is 43.4 Å². The van der Waals surface area contributed by atoms with Gasteiger partial charge in [0.05, 0.1) is 5.75 Å². The van der Waals surface area contributed by atoms with Gasteiger partial charge >= 0.3 is 0 Å². The van der Waals surface area contributed by atoms with Gasteiger partial charge in [0.15, 0.2) is 9.84 Å². The normalized spacial score (nSPS) is 11.2. The molecule has 106 valence electrons. The Hall–Kier alpha value is -1.08. The number of ether oxygens (including phenoxy) is 1. The van der Waals surface area contributed by atoms with E-state index in [1.807, 2.05) is 65.1 Å². The van der Waals surface area contributed by atoms with Crippen LogP contribution >= 0.6 is 22.6 Å². The Balaban J connectivity index is 2.12. The number of para-hydroxylation sites is 1. The van der Waals surface area contributed by atoms with Crippen molar-refractivity contribution in [3.8, 4) is 5.75 Å². The van der Waals surface area contributed by atoms with Gasteiger partial charge in [0.1, 0.15) is 16.1 Å². The second-order valence-corrected chi connectivity index (χ2v) is 8.24. The number of alkyl halides is 1. The van der Waals surface area contributed by atoms with Crippen LogP contribution in [-0.4, -0.2) is 12.2 Å². The Labute approximate surface area is 133 Å². The second-order valence-electron chi connectivity index (χ2n) is 4.38. The highest BCUT2D eigenvalue weighted by atomic mass is 127. The van der Waals surface area contributed by atoms with E-state index in [0.29, 0.717) is 17.9 Å². The summed E-state index contributed by atoms with van der Waals surface area (Å²) in [5, 5.41) is 0. The number of benzene rings is 2. The van der Waals surface area contributed by atoms with Crippen LogP contribution in [-0.2, 0) is 22.2 Å². The van der Waals surface area contributed by atoms with Crippen molar-refractivity contribution in [2.45, 2.75) is 12.4 Å². The van der Waals surface area contributed by atoms with E-state index in [9.17, 15) is 8.42 Å². The molecule has 2 rings (SSSR count). The maximum absolute atomic E-state index is 11.7. The van der Waals surface area contributed by atoms with E-state index in [-0.39, 0.29) is 9.51 Å². The summed E-state index contributed by atoms with van der Waals surface area (Å²) in [6, 6.07) is 17.1. The molecule has 0 aliphatic rings. The molecular weight excluding hydrogens is 387 g/mol. The molecule has 0 bridgehead atoms. The maximum Gasteiger partial charge on any atom is 0.163 e. The van der Waals surface area contributed by atoms with Crippen molar-refractivity contribution in [1.29, 1.82) is 0 Å². The summed E-state index contributed by atoms with van der Waals surface area (Å²) in [5.41, 5.74) is 1.76. The van der Waals surface area contributed by atoms with Gasteiger partial charge in [-0.3, -0.25) is 0 Å². The predicted molar refractivity (Wildman–Crippen MR) is 88.7 cm³/mol. The molecule has 0 N–H and O–H groups in total. The van der Waals surface area contributed by atoms with E-state index >= 15 is 0 Å². The highest BCUT2D eigenvalue weighted by molar-refractivity contribution is 14.1. The van der Waals surface area contributed by atoms with E-state index in [1.165, 1.54) is 0 Å². The first-order valence-corrected chi connectivity index (χ1v) is 9.46. The minimum absolute atomic E-state index is 0.0148. The van der Waals surface area contributed by atoms with Crippen molar-refractivity contribution in [1.82, 2.24) is 0 Å². The lowest BCUT2D eigenvalue weighted by molar-refractivity contribution is 0.304. The molecule has 0 unspecified atom stereocenters. The standard InChI is InChI=1S/C15H15IO3S/c16-12-20(17,18)11-14-8-4-5-9-15(14)19-10-13-6-2-1-3-7-13/h1-9H,10-12H2. The molecule has 0 fully saturated rings. The molecule has 0 saturated carbocycles. The minimum atomic E-state index is -3.07. The molecule has 0 heterocycles. The average molecular weight is 402 g/mol. The summed E-state index contributed by atoms with van der Waals surface area (Å²) >= 11 is 1.87. The average Bonchev–Trinajstić information content (AvgIpc) is 2.47. The highest BCUT2D eigenvalue weighted by Gasteiger charge is 2.13. The zero-order valence-corrected chi connectivity index (χ0v) is 13.8. The third kappa shape index (κ3) is 4.49. The summed E-state index contributed by atoms with van der Waals surface area (Å²) in [4.78, 5) is 0. The second kappa shape index (κ2) is 7.08. The Morgan fingerprint density at radius 3 is 2.30 bits per heavy atom. The van der Waals surface area contributed by atoms with Crippen LogP contribution in [0.3, 0.4) is 0 Å². The molecular formula is C15H15IO3S. The molecule has 0 aromatic heterocycles. The Kier molecular flexibility index (Phi) is 5.42. The molecule has 0 aliphatic heterocycles. The molecule has 2 aromatic rings. The van der Waals surface area contributed by atoms with Crippen LogP contribution in [0.15, 0.2) is 54.6 Å². The van der Waals surface area contributed by atoms with Crippen molar-refractivity contribution in [2.24, 2.45) is 0 Å². The molecule has 0 amide bonds. The molecule has 0 saturated heterocycles. The lowest BCUT2D eigenvalue weighted by Gasteiger charge is -2.11. The van der Waals surface area contributed by atoms with Gasteiger partial charge < -0.3 is 4.74 Å². The molecule has 0 aliphatic carbocycles. The fourth-order valence-electron chi connectivity index (χ4n) is 1.77. The van der Waals surface area contributed by atoms with Gasteiger partial charge in [0, 0.05) is 5.56 Å². The maximum atomic E-state index is 11.7. The third-order valence-electron chi connectivity index (χ3n) is 2.75. The summed E-state index contributed by atoms with van der Waals surface area (Å²) in [6.45, 7) is 0.433. The third-order valence-corrected chi connectivity index (χ3v) is 6.68. The number of rotatable bonds is 6. The smallest absolute Gasteiger partial charge is 0.163 e. The van der Waals surface area contributed by atoms with E-state index in [0.717, 1.165) is 5.56 Å². The van der Waals surface area contributed by atoms with E-state index in [2.05, 4.69) is 0 Å². The van der Waals surface area contributed by atoms with Gasteiger partial charge in [-0.15, -0.1) is 0 Å². The van der Waals surface area contributed by atoms with Crippen molar-refractivity contribution in [2.75, 3.05) is 3.76 Å². The largest absolute Gasteiger partial charge is 0.489 e. The van der Waals surface area contributed by atoms with Crippen molar-refractivity contribution in [3.63, 3.8) is 0 Å². The first kappa shape index (κ1) is 15.3. The van der Waals surface area contributed by atoms with Crippen LogP contribution in [0.4, 0.5) is 0 Å². The summed E-state index contributed by atoms with van der Waals surface area (Å²) in [7, 11) is -3.07. The molecule has 0 radical (unpaired) electrons. The number of hydrogen-bond acceptors (Lipinski definition) is 3. The minimum Gasteiger partial charge on any atom is -0.489 e. The van der Waals surface area contributed by atoms with Crippen LogP contribution in [0.1, 0.15) is 11.1 Å². The fourth-order valence-corrected chi connectivity index (χ4v) is 3.22. The zero-order valence-electron chi connectivity index (χ0n) is 10.8. The van der Waals surface area contributed by atoms with Gasteiger partial charge in [-0.05, 0) is 11.6 Å². The molecule has 5 heteroatoms. The SMILES string of the molecule is O=S(=O)(CI)Cc1ccccc1OCc1ccccc1.